The van der Waals surface area contributed by atoms with Crippen molar-refractivity contribution in [1.29, 1.82) is 0 Å². The van der Waals surface area contributed by atoms with Crippen LogP contribution in [0, 0.1) is 26.6 Å². The lowest BCUT2D eigenvalue weighted by Crippen LogP contribution is -2.17. The number of ketones is 1. The summed E-state index contributed by atoms with van der Waals surface area (Å²) < 4.78 is 25.8. The van der Waals surface area contributed by atoms with Crippen LogP contribution in [0.3, 0.4) is 0 Å². The molecule has 0 amide bonds. The molecule has 0 N–H and O–H groups in total. The zero-order valence-corrected chi connectivity index (χ0v) is 15.8. The molecule has 0 spiro atoms. The van der Waals surface area contributed by atoms with Gasteiger partial charge in [-0.2, -0.15) is 0 Å². The molecular weight excluding hydrogens is 337 g/mol. The quantitative estimate of drug-likeness (QED) is 0.556. The summed E-state index contributed by atoms with van der Waals surface area (Å²) in [7, 11) is 1.63. The summed E-state index contributed by atoms with van der Waals surface area (Å²) in [4.78, 5) is 24.5. The molecule has 1 aromatic carbocycles. The molecule has 2 aromatic rings. The normalized spacial score (nSPS) is 12.1. The van der Waals surface area contributed by atoms with Crippen LogP contribution >= 0.6 is 0 Å². The van der Waals surface area contributed by atoms with Crippen molar-refractivity contribution in [3.63, 3.8) is 0 Å². The van der Waals surface area contributed by atoms with E-state index in [2.05, 4.69) is 0 Å². The monoisotopic (exact) mass is 361 g/mol. The number of rotatable bonds is 7. The van der Waals surface area contributed by atoms with Gasteiger partial charge in [0.05, 0.1) is 18.2 Å². The third kappa shape index (κ3) is 4.19. The van der Waals surface area contributed by atoms with E-state index in [0.717, 1.165) is 17.5 Å². The Morgan fingerprint density at radius 3 is 2.50 bits per heavy atom. The second-order valence-electron chi connectivity index (χ2n) is 6.42. The van der Waals surface area contributed by atoms with Crippen LogP contribution in [0.25, 0.3) is 0 Å². The topological polar surface area (TPSA) is 57.5 Å². The molecule has 140 valence electrons. The van der Waals surface area contributed by atoms with Crippen molar-refractivity contribution in [3.8, 4) is 0 Å². The standard InChI is InChI=1S/C20H24FNO4/c1-12-6-7-16(9-18(12)21)20(24)26-11-19(23)17-8-13(2)22(15(17)4)14(3)10-25-5/h6-9,14H,10-11H2,1-5H3. The van der Waals surface area contributed by atoms with Crippen molar-refractivity contribution in [2.24, 2.45) is 0 Å². The van der Waals surface area contributed by atoms with Gasteiger partial charge in [0.15, 0.2) is 6.61 Å². The van der Waals surface area contributed by atoms with E-state index in [9.17, 15) is 14.0 Å². The first-order valence-electron chi connectivity index (χ1n) is 8.40. The van der Waals surface area contributed by atoms with Crippen molar-refractivity contribution in [2.75, 3.05) is 20.3 Å². The van der Waals surface area contributed by atoms with Gasteiger partial charge in [-0.1, -0.05) is 6.07 Å². The van der Waals surface area contributed by atoms with Crippen LogP contribution in [0.1, 0.15) is 50.6 Å². The number of hydrogen-bond acceptors (Lipinski definition) is 4. The smallest absolute Gasteiger partial charge is 0.338 e. The number of aryl methyl sites for hydroxylation is 2. The Balaban J connectivity index is 2.09. The molecule has 0 aliphatic carbocycles. The number of methoxy groups -OCH3 is 1. The Morgan fingerprint density at radius 1 is 1.19 bits per heavy atom. The summed E-state index contributed by atoms with van der Waals surface area (Å²) in [6, 6.07) is 5.95. The first kappa shape index (κ1) is 19.8. The van der Waals surface area contributed by atoms with Gasteiger partial charge in [-0.15, -0.1) is 0 Å². The van der Waals surface area contributed by atoms with Crippen LogP contribution in [0.2, 0.25) is 0 Å². The SMILES string of the molecule is COCC(C)n1c(C)cc(C(=O)COC(=O)c2ccc(C)c(F)c2)c1C. The Kier molecular flexibility index (Phi) is 6.32. The minimum absolute atomic E-state index is 0.0830. The summed E-state index contributed by atoms with van der Waals surface area (Å²) in [5.41, 5.74) is 2.76. The van der Waals surface area contributed by atoms with E-state index in [1.165, 1.54) is 12.1 Å². The molecule has 0 fully saturated rings. The van der Waals surface area contributed by atoms with Crippen molar-refractivity contribution < 1.29 is 23.5 Å². The number of ether oxygens (including phenoxy) is 2. The molecule has 0 bridgehead atoms. The highest BCUT2D eigenvalue weighted by Crippen LogP contribution is 2.21. The fraction of sp³-hybridized carbons (Fsp3) is 0.400. The highest BCUT2D eigenvalue weighted by Gasteiger charge is 2.20. The average Bonchev–Trinajstić information content (AvgIpc) is 2.89. The highest BCUT2D eigenvalue weighted by molar-refractivity contribution is 6.00. The summed E-state index contributed by atoms with van der Waals surface area (Å²) in [6.45, 7) is 7.51. The van der Waals surface area contributed by atoms with Crippen LogP contribution in [0.4, 0.5) is 4.39 Å². The van der Waals surface area contributed by atoms with E-state index >= 15 is 0 Å². The predicted molar refractivity (Wildman–Crippen MR) is 96.2 cm³/mol. The Hall–Kier alpha value is -2.47. The molecule has 2 rings (SSSR count). The lowest BCUT2D eigenvalue weighted by molar-refractivity contribution is 0.0474. The molecule has 1 aromatic heterocycles. The molecule has 5 nitrogen and oxygen atoms in total. The van der Waals surface area contributed by atoms with Crippen LogP contribution in [-0.2, 0) is 9.47 Å². The number of Topliss-reactive ketones (excluding diaryl/α,β-unsaturated/α-hetero) is 1. The molecule has 0 aliphatic rings. The number of carbonyl (C=O) groups is 2. The number of aromatic nitrogens is 1. The Labute approximate surface area is 152 Å². The van der Waals surface area contributed by atoms with Gasteiger partial charge in [0.25, 0.3) is 0 Å². The van der Waals surface area contributed by atoms with Crippen LogP contribution in [0.5, 0.6) is 0 Å². The van der Waals surface area contributed by atoms with Crippen LogP contribution < -0.4 is 0 Å². The van der Waals surface area contributed by atoms with Crippen LogP contribution in [-0.4, -0.2) is 36.6 Å². The largest absolute Gasteiger partial charge is 0.454 e. The first-order valence-corrected chi connectivity index (χ1v) is 8.40. The summed E-state index contributed by atoms with van der Waals surface area (Å²) in [5, 5.41) is 0. The van der Waals surface area contributed by atoms with E-state index in [-0.39, 0.29) is 17.4 Å². The van der Waals surface area contributed by atoms with Crippen molar-refractivity contribution >= 4 is 11.8 Å². The van der Waals surface area contributed by atoms with E-state index < -0.39 is 18.4 Å². The Morgan fingerprint density at radius 2 is 1.88 bits per heavy atom. The van der Waals surface area contributed by atoms with Gasteiger partial charge in [0, 0.05) is 24.1 Å². The van der Waals surface area contributed by atoms with Gasteiger partial charge in [-0.25, -0.2) is 9.18 Å². The van der Waals surface area contributed by atoms with Crippen molar-refractivity contribution in [1.82, 2.24) is 4.57 Å². The number of hydrogen-bond donors (Lipinski definition) is 0. The number of nitrogens with zero attached hydrogens (tertiary/aromatic N) is 1. The molecule has 1 heterocycles. The van der Waals surface area contributed by atoms with E-state index in [1.54, 1.807) is 20.1 Å². The third-order valence-electron chi connectivity index (χ3n) is 4.38. The lowest BCUT2D eigenvalue weighted by atomic mass is 10.1. The first-order chi connectivity index (χ1) is 12.3. The number of halogens is 1. The second kappa shape index (κ2) is 8.27. The summed E-state index contributed by atoms with van der Waals surface area (Å²) >= 11 is 0. The minimum Gasteiger partial charge on any atom is -0.454 e. The van der Waals surface area contributed by atoms with Crippen molar-refractivity contribution in [3.05, 3.63) is 58.2 Å². The molecule has 26 heavy (non-hydrogen) atoms. The molecule has 0 aliphatic heterocycles. The minimum atomic E-state index is -0.723. The predicted octanol–water partition coefficient (Wildman–Crippen LogP) is 3.80. The van der Waals surface area contributed by atoms with Crippen molar-refractivity contribution in [2.45, 2.75) is 33.7 Å². The third-order valence-corrected chi connectivity index (χ3v) is 4.38. The maximum Gasteiger partial charge on any atom is 0.338 e. The van der Waals surface area contributed by atoms with Gasteiger partial charge < -0.3 is 14.0 Å². The zero-order chi connectivity index (χ0) is 19.4. The van der Waals surface area contributed by atoms with Crippen LogP contribution in [0.15, 0.2) is 24.3 Å². The molecule has 0 radical (unpaired) electrons. The Bertz CT molecular complexity index is 825. The highest BCUT2D eigenvalue weighted by atomic mass is 19.1. The van der Waals surface area contributed by atoms with Gasteiger partial charge in [0.1, 0.15) is 5.82 Å². The summed E-state index contributed by atoms with van der Waals surface area (Å²) in [5.74, 6) is -1.50. The van der Waals surface area contributed by atoms with E-state index in [1.807, 2.05) is 25.3 Å². The molecule has 0 saturated carbocycles. The van der Waals surface area contributed by atoms with E-state index in [0.29, 0.717) is 17.7 Å². The number of carbonyl (C=O) groups excluding carboxylic acids is 2. The fourth-order valence-electron chi connectivity index (χ4n) is 3.07. The molecule has 6 heteroatoms. The van der Waals surface area contributed by atoms with Gasteiger partial charge >= 0.3 is 5.97 Å². The molecule has 1 atom stereocenters. The maximum absolute atomic E-state index is 13.6. The van der Waals surface area contributed by atoms with Gasteiger partial charge in [-0.05, 0) is 51.5 Å². The maximum atomic E-state index is 13.6. The van der Waals surface area contributed by atoms with Gasteiger partial charge in [0.2, 0.25) is 5.78 Å². The fourth-order valence-corrected chi connectivity index (χ4v) is 3.07. The number of benzene rings is 1. The molecular formula is C20H24FNO4. The molecule has 1 unspecified atom stereocenters. The average molecular weight is 361 g/mol. The summed E-state index contributed by atoms with van der Waals surface area (Å²) in [6.07, 6.45) is 0. The zero-order valence-electron chi connectivity index (χ0n) is 15.8. The second-order valence-corrected chi connectivity index (χ2v) is 6.42. The van der Waals surface area contributed by atoms with Gasteiger partial charge in [-0.3, -0.25) is 4.79 Å². The molecule has 0 saturated heterocycles. The van der Waals surface area contributed by atoms with E-state index in [4.69, 9.17) is 9.47 Å². The number of esters is 1. The lowest BCUT2D eigenvalue weighted by Gasteiger charge is -2.17.